The van der Waals surface area contributed by atoms with E-state index < -0.39 is 11.7 Å². The molecule has 0 aromatic rings. The summed E-state index contributed by atoms with van der Waals surface area (Å²) in [6, 6.07) is 0. The van der Waals surface area contributed by atoms with Crippen LogP contribution < -0.4 is 0 Å². The van der Waals surface area contributed by atoms with Gasteiger partial charge in [0.05, 0.1) is 17.8 Å². The third kappa shape index (κ3) is 3.61. The van der Waals surface area contributed by atoms with Gasteiger partial charge in [-0.3, -0.25) is 0 Å². The van der Waals surface area contributed by atoms with Crippen LogP contribution in [0.15, 0.2) is 12.2 Å². The number of fused-ring (bicyclic) bond motifs is 5. The molecule has 0 heterocycles. The molecule has 0 radical (unpaired) electrons. The zero-order chi connectivity index (χ0) is 24.6. The molecule has 0 aromatic carbocycles. The van der Waals surface area contributed by atoms with Gasteiger partial charge in [-0.2, -0.15) is 0 Å². The monoisotopic (exact) mass is 460 g/mol. The van der Waals surface area contributed by atoms with Crippen molar-refractivity contribution in [2.75, 3.05) is 0 Å². The number of hydrogen-bond donors (Lipinski definition) is 3. The zero-order valence-corrected chi connectivity index (χ0v) is 22.6. The molecule has 3 nitrogen and oxygen atoms in total. The van der Waals surface area contributed by atoms with Gasteiger partial charge in [-0.25, -0.2) is 0 Å². The highest BCUT2D eigenvalue weighted by atomic mass is 16.3. The first-order valence-electron chi connectivity index (χ1n) is 13.8. The van der Waals surface area contributed by atoms with Gasteiger partial charge in [-0.05, 0) is 123 Å². The predicted molar refractivity (Wildman–Crippen MR) is 136 cm³/mol. The number of rotatable bonds is 5. The van der Waals surface area contributed by atoms with E-state index in [1.54, 1.807) is 0 Å². The predicted octanol–water partition coefficient (Wildman–Crippen LogP) is 6.50. The van der Waals surface area contributed by atoms with Gasteiger partial charge in [-0.1, -0.05) is 46.8 Å². The Bertz CT molecular complexity index is 771. The number of aliphatic hydroxyl groups is 3. The Morgan fingerprint density at radius 3 is 2.21 bits per heavy atom. The van der Waals surface area contributed by atoms with Gasteiger partial charge in [0.15, 0.2) is 0 Å². The average molecular weight is 461 g/mol. The molecule has 4 saturated carbocycles. The van der Waals surface area contributed by atoms with Crippen LogP contribution in [0, 0.1) is 45.3 Å². The van der Waals surface area contributed by atoms with E-state index >= 15 is 0 Å². The molecule has 6 unspecified atom stereocenters. The normalized spacial score (nSPS) is 49.3. The van der Waals surface area contributed by atoms with E-state index in [1.807, 2.05) is 13.8 Å². The summed E-state index contributed by atoms with van der Waals surface area (Å²) >= 11 is 0. The average Bonchev–Trinajstić information content (AvgIpc) is 3.08. The lowest BCUT2D eigenvalue weighted by molar-refractivity contribution is -0.225. The molecule has 0 aliphatic heterocycles. The summed E-state index contributed by atoms with van der Waals surface area (Å²) in [6.07, 6.45) is 9.91. The summed E-state index contributed by atoms with van der Waals surface area (Å²) in [4.78, 5) is 0. The summed E-state index contributed by atoms with van der Waals surface area (Å²) in [5, 5.41) is 32.8. The quantitative estimate of drug-likeness (QED) is 0.410. The Kier molecular flexibility index (Phi) is 6.28. The van der Waals surface area contributed by atoms with Crippen LogP contribution in [-0.4, -0.2) is 33.1 Å². The molecular weight excluding hydrogens is 408 g/mol. The van der Waals surface area contributed by atoms with E-state index in [1.165, 1.54) is 32.1 Å². The molecule has 0 amide bonds. The van der Waals surface area contributed by atoms with E-state index in [4.69, 9.17) is 0 Å². The molecule has 0 aromatic heterocycles. The summed E-state index contributed by atoms with van der Waals surface area (Å²) in [5.41, 5.74) is 0.905. The van der Waals surface area contributed by atoms with Gasteiger partial charge in [0.25, 0.3) is 0 Å². The van der Waals surface area contributed by atoms with E-state index in [0.29, 0.717) is 47.3 Å². The summed E-state index contributed by atoms with van der Waals surface area (Å²) in [6.45, 7) is 20.2. The molecule has 4 aliphatic rings. The standard InChI is InChI=1S/C30H52O3/c1-19(2)22(31)12-18-30(8,33)21-11-16-28(6)20(21)9-10-24-27(5)15-14-25(32)26(3,4)23(27)13-17-29(24,28)7/h20-25,31-33H,1,9-18H2,2-8H3/t20?,21?,22?,23?,24?,25-,27+,28-,29-,30?/m1/s1. The van der Waals surface area contributed by atoms with E-state index in [0.717, 1.165) is 24.8 Å². The SMILES string of the molecule is C=C(C)C(O)CCC(C)(O)C1CC[C@]2(C)C1CCC1[C@@]3(C)CC[C@@H](O)C(C)(C)C3CC[C@]12C. The lowest BCUT2D eigenvalue weighted by Gasteiger charge is -2.70. The zero-order valence-electron chi connectivity index (χ0n) is 22.6. The first kappa shape index (κ1) is 25.7. The molecule has 3 heteroatoms. The van der Waals surface area contributed by atoms with Gasteiger partial charge >= 0.3 is 0 Å². The molecular formula is C30H52O3. The van der Waals surface area contributed by atoms with Crippen molar-refractivity contribution in [3.63, 3.8) is 0 Å². The van der Waals surface area contributed by atoms with Crippen LogP contribution in [0.1, 0.15) is 113 Å². The number of hydrogen-bond acceptors (Lipinski definition) is 3. The van der Waals surface area contributed by atoms with E-state index in [9.17, 15) is 15.3 Å². The first-order valence-corrected chi connectivity index (χ1v) is 13.8. The molecule has 0 saturated heterocycles. The van der Waals surface area contributed by atoms with Crippen LogP contribution in [0.2, 0.25) is 0 Å². The topological polar surface area (TPSA) is 60.7 Å². The van der Waals surface area contributed by atoms with Crippen molar-refractivity contribution in [2.24, 2.45) is 45.3 Å². The fourth-order valence-electron chi connectivity index (χ4n) is 10.3. The minimum Gasteiger partial charge on any atom is -0.393 e. The molecule has 10 atom stereocenters. The third-order valence-electron chi connectivity index (χ3n) is 12.7. The van der Waals surface area contributed by atoms with Crippen molar-refractivity contribution < 1.29 is 15.3 Å². The Hall–Kier alpha value is -0.380. The third-order valence-corrected chi connectivity index (χ3v) is 12.7. The van der Waals surface area contributed by atoms with Crippen LogP contribution in [0.5, 0.6) is 0 Å². The lowest BCUT2D eigenvalue weighted by Crippen LogP contribution is -2.64. The van der Waals surface area contributed by atoms with Crippen LogP contribution in [0.4, 0.5) is 0 Å². The minimum atomic E-state index is -0.736. The summed E-state index contributed by atoms with van der Waals surface area (Å²) in [5.74, 6) is 2.16. The van der Waals surface area contributed by atoms with Gasteiger partial charge < -0.3 is 15.3 Å². The molecule has 0 bridgehead atoms. The van der Waals surface area contributed by atoms with E-state index in [-0.39, 0.29) is 16.9 Å². The van der Waals surface area contributed by atoms with Crippen LogP contribution in [0.3, 0.4) is 0 Å². The fourth-order valence-corrected chi connectivity index (χ4v) is 10.3. The number of aliphatic hydroxyl groups excluding tert-OH is 2. The molecule has 33 heavy (non-hydrogen) atoms. The van der Waals surface area contributed by atoms with Crippen molar-refractivity contribution in [1.82, 2.24) is 0 Å². The van der Waals surface area contributed by atoms with Crippen LogP contribution in [0.25, 0.3) is 0 Å². The second-order valence-corrected chi connectivity index (χ2v) is 14.4. The van der Waals surface area contributed by atoms with Crippen molar-refractivity contribution in [3.05, 3.63) is 12.2 Å². The van der Waals surface area contributed by atoms with Gasteiger partial charge in [0, 0.05) is 0 Å². The van der Waals surface area contributed by atoms with Crippen molar-refractivity contribution >= 4 is 0 Å². The molecule has 3 N–H and O–H groups in total. The molecule has 190 valence electrons. The first-order chi connectivity index (χ1) is 15.1. The minimum absolute atomic E-state index is 0.00190. The van der Waals surface area contributed by atoms with Crippen LogP contribution in [-0.2, 0) is 0 Å². The maximum absolute atomic E-state index is 11.6. The summed E-state index contributed by atoms with van der Waals surface area (Å²) < 4.78 is 0. The van der Waals surface area contributed by atoms with Crippen LogP contribution >= 0.6 is 0 Å². The highest BCUT2D eigenvalue weighted by Crippen LogP contribution is 2.75. The second kappa shape index (κ2) is 8.07. The van der Waals surface area contributed by atoms with Crippen molar-refractivity contribution in [3.8, 4) is 0 Å². The molecule has 4 rings (SSSR count). The second-order valence-electron chi connectivity index (χ2n) is 14.4. The Morgan fingerprint density at radius 2 is 1.58 bits per heavy atom. The van der Waals surface area contributed by atoms with Gasteiger partial charge in [0.1, 0.15) is 0 Å². The fraction of sp³-hybridized carbons (Fsp3) is 0.933. The highest BCUT2D eigenvalue weighted by molar-refractivity contribution is 5.18. The molecule has 0 spiro atoms. The maximum Gasteiger partial charge on any atom is 0.0745 e. The van der Waals surface area contributed by atoms with Crippen molar-refractivity contribution in [2.45, 2.75) is 130 Å². The molecule has 4 aliphatic carbocycles. The largest absolute Gasteiger partial charge is 0.393 e. The molecule has 4 fully saturated rings. The lowest BCUT2D eigenvalue weighted by atomic mass is 9.35. The van der Waals surface area contributed by atoms with Gasteiger partial charge in [-0.15, -0.1) is 0 Å². The smallest absolute Gasteiger partial charge is 0.0745 e. The summed E-state index contributed by atoms with van der Waals surface area (Å²) in [7, 11) is 0. The Morgan fingerprint density at radius 1 is 0.939 bits per heavy atom. The highest BCUT2D eigenvalue weighted by Gasteiger charge is 2.69. The van der Waals surface area contributed by atoms with Crippen molar-refractivity contribution in [1.29, 1.82) is 0 Å². The van der Waals surface area contributed by atoms with E-state index in [2.05, 4.69) is 41.2 Å². The maximum atomic E-state index is 11.6. The van der Waals surface area contributed by atoms with Gasteiger partial charge in [0.2, 0.25) is 0 Å². The Balaban J connectivity index is 1.59. The Labute approximate surface area is 203 Å².